The van der Waals surface area contributed by atoms with Crippen molar-refractivity contribution in [1.29, 1.82) is 0 Å². The first-order valence-corrected chi connectivity index (χ1v) is 12.0. The van der Waals surface area contributed by atoms with Crippen LogP contribution in [0.1, 0.15) is 24.5 Å². The number of methoxy groups -OCH3 is 3. The summed E-state index contributed by atoms with van der Waals surface area (Å²) in [5.41, 5.74) is 1.65. The number of hydrogen-bond acceptors (Lipinski definition) is 7. The lowest BCUT2D eigenvalue weighted by Crippen LogP contribution is -2.47. The topological polar surface area (TPSA) is 83.5 Å². The molecule has 1 amide bonds. The Morgan fingerprint density at radius 1 is 1.08 bits per heavy atom. The lowest BCUT2D eigenvalue weighted by atomic mass is 10.1. The zero-order valence-corrected chi connectivity index (χ0v) is 21.8. The van der Waals surface area contributed by atoms with E-state index in [2.05, 4.69) is 0 Å². The van der Waals surface area contributed by atoms with Crippen molar-refractivity contribution >= 4 is 29.4 Å². The largest absolute Gasteiger partial charge is 0.493 e. The summed E-state index contributed by atoms with van der Waals surface area (Å²) in [6.45, 7) is 3.12. The first-order chi connectivity index (χ1) is 17.4. The van der Waals surface area contributed by atoms with Crippen LogP contribution in [0, 0.1) is 0 Å². The molecule has 0 saturated carbocycles. The normalized spacial score (nSPS) is 15.6. The molecule has 1 aliphatic heterocycles. The zero-order valence-electron chi connectivity index (χ0n) is 21.0. The number of benzene rings is 2. The van der Waals surface area contributed by atoms with Gasteiger partial charge in [-0.15, -0.1) is 0 Å². The summed E-state index contributed by atoms with van der Waals surface area (Å²) in [5.74, 6) is 2.10. The van der Waals surface area contributed by atoms with Crippen LogP contribution in [0.3, 0.4) is 0 Å². The average molecular weight is 518 g/mol. The van der Waals surface area contributed by atoms with E-state index in [0.717, 1.165) is 5.56 Å². The molecule has 0 bridgehead atoms. The summed E-state index contributed by atoms with van der Waals surface area (Å²) in [4.78, 5) is 25.8. The number of carbonyl (C=O) groups is 2. The van der Waals surface area contributed by atoms with E-state index in [1.165, 1.54) is 20.3 Å². The van der Waals surface area contributed by atoms with E-state index in [1.54, 1.807) is 37.1 Å². The lowest BCUT2D eigenvalue weighted by Gasteiger charge is -2.32. The van der Waals surface area contributed by atoms with Gasteiger partial charge >= 0.3 is 0 Å². The second-order valence-corrected chi connectivity index (χ2v) is 8.69. The lowest BCUT2D eigenvalue weighted by molar-refractivity contribution is -0.134. The van der Waals surface area contributed by atoms with E-state index in [-0.39, 0.29) is 24.4 Å². The third kappa shape index (κ3) is 7.15. The van der Waals surface area contributed by atoms with Crippen molar-refractivity contribution in [3.05, 3.63) is 52.6 Å². The first-order valence-electron chi connectivity index (χ1n) is 11.6. The summed E-state index contributed by atoms with van der Waals surface area (Å²) in [7, 11) is 4.62. The van der Waals surface area contributed by atoms with Crippen LogP contribution in [0.25, 0.3) is 6.08 Å². The predicted octanol–water partition coefficient (Wildman–Crippen LogP) is 4.21. The molecule has 36 heavy (non-hydrogen) atoms. The molecule has 9 heteroatoms. The van der Waals surface area contributed by atoms with E-state index in [9.17, 15) is 9.59 Å². The van der Waals surface area contributed by atoms with E-state index in [4.69, 9.17) is 35.3 Å². The van der Waals surface area contributed by atoms with Crippen molar-refractivity contribution in [2.75, 3.05) is 47.6 Å². The van der Waals surface area contributed by atoms with E-state index < -0.39 is 0 Å². The van der Waals surface area contributed by atoms with Gasteiger partial charge in [0.25, 0.3) is 0 Å². The van der Waals surface area contributed by atoms with Gasteiger partial charge in [0.15, 0.2) is 23.0 Å². The minimum absolute atomic E-state index is 0.143. The summed E-state index contributed by atoms with van der Waals surface area (Å²) in [6, 6.07) is 9.13. The number of rotatable bonds is 11. The van der Waals surface area contributed by atoms with Gasteiger partial charge in [0, 0.05) is 19.0 Å². The molecule has 0 aliphatic carbocycles. The Hall–Kier alpha value is -3.23. The second kappa shape index (κ2) is 13.2. The fraction of sp³-hybridized carbons (Fsp3) is 0.407. The molecule has 0 spiro atoms. The monoisotopic (exact) mass is 517 g/mol. The van der Waals surface area contributed by atoms with Crippen molar-refractivity contribution in [2.45, 2.75) is 25.9 Å². The number of amides is 1. The molecule has 1 saturated heterocycles. The SMILES string of the molecule is COc1cc(CCC(C)=O)ccc1OCC1CN(C(=O)/C=C/c2ccc(OC)c(OC)c2Cl)CCO1. The van der Waals surface area contributed by atoms with Crippen LogP contribution in [0.4, 0.5) is 0 Å². The van der Waals surface area contributed by atoms with Gasteiger partial charge in [0.2, 0.25) is 5.91 Å². The minimum Gasteiger partial charge on any atom is -0.493 e. The number of ether oxygens (including phenoxy) is 5. The van der Waals surface area contributed by atoms with E-state index in [1.807, 2.05) is 18.2 Å². The maximum absolute atomic E-state index is 12.8. The van der Waals surface area contributed by atoms with Gasteiger partial charge in [-0.3, -0.25) is 4.79 Å². The van der Waals surface area contributed by atoms with Gasteiger partial charge in [0.05, 0.1) is 39.5 Å². The van der Waals surface area contributed by atoms with Crippen molar-refractivity contribution < 1.29 is 33.3 Å². The number of carbonyl (C=O) groups excluding carboxylic acids is 2. The summed E-state index contributed by atoms with van der Waals surface area (Å²) < 4.78 is 27.8. The average Bonchev–Trinajstić information content (AvgIpc) is 2.89. The van der Waals surface area contributed by atoms with Gasteiger partial charge in [-0.2, -0.15) is 0 Å². The smallest absolute Gasteiger partial charge is 0.246 e. The third-order valence-corrected chi connectivity index (χ3v) is 6.18. The number of aryl methyl sites for hydroxylation is 1. The molecule has 1 aliphatic rings. The van der Waals surface area contributed by atoms with Crippen LogP contribution in [0.5, 0.6) is 23.0 Å². The molecular weight excluding hydrogens is 486 g/mol. The highest BCUT2D eigenvalue weighted by Gasteiger charge is 2.24. The van der Waals surface area contributed by atoms with Crippen molar-refractivity contribution in [3.8, 4) is 23.0 Å². The van der Waals surface area contributed by atoms with Crippen molar-refractivity contribution in [2.24, 2.45) is 0 Å². The third-order valence-electron chi connectivity index (χ3n) is 5.79. The molecule has 2 aromatic carbocycles. The molecular formula is C27H32ClNO7. The van der Waals surface area contributed by atoms with Crippen LogP contribution in [0.2, 0.25) is 5.02 Å². The van der Waals surface area contributed by atoms with Gasteiger partial charge < -0.3 is 33.4 Å². The number of halogens is 1. The van der Waals surface area contributed by atoms with Gasteiger partial charge in [-0.1, -0.05) is 17.7 Å². The van der Waals surface area contributed by atoms with Crippen LogP contribution < -0.4 is 18.9 Å². The summed E-state index contributed by atoms with van der Waals surface area (Å²) in [6.07, 6.45) is 3.99. The molecule has 0 N–H and O–H groups in total. The molecule has 8 nitrogen and oxygen atoms in total. The molecule has 0 radical (unpaired) electrons. The quantitative estimate of drug-likeness (QED) is 0.413. The fourth-order valence-electron chi connectivity index (χ4n) is 3.81. The molecule has 1 heterocycles. The molecule has 1 atom stereocenters. The highest BCUT2D eigenvalue weighted by molar-refractivity contribution is 6.33. The highest BCUT2D eigenvalue weighted by atomic mass is 35.5. The van der Waals surface area contributed by atoms with Crippen molar-refractivity contribution in [1.82, 2.24) is 4.90 Å². The Morgan fingerprint density at radius 3 is 2.53 bits per heavy atom. The van der Waals surface area contributed by atoms with Gasteiger partial charge in [-0.25, -0.2) is 0 Å². The summed E-state index contributed by atoms with van der Waals surface area (Å²) in [5, 5.41) is 0.371. The van der Waals surface area contributed by atoms with Crippen LogP contribution in [0.15, 0.2) is 36.4 Å². The van der Waals surface area contributed by atoms with Crippen LogP contribution in [-0.4, -0.2) is 70.3 Å². The van der Waals surface area contributed by atoms with Gasteiger partial charge in [-0.05, 0) is 54.8 Å². The minimum atomic E-state index is -0.289. The molecule has 3 rings (SSSR count). The first kappa shape index (κ1) is 27.4. The molecule has 1 fully saturated rings. The maximum Gasteiger partial charge on any atom is 0.246 e. The second-order valence-electron chi connectivity index (χ2n) is 8.31. The Kier molecular flexibility index (Phi) is 10.0. The number of Topliss-reactive ketones (excluding diaryl/α,β-unsaturated/α-hetero) is 1. The number of nitrogens with zero attached hydrogens (tertiary/aromatic N) is 1. The fourth-order valence-corrected chi connectivity index (χ4v) is 4.11. The Bertz CT molecular complexity index is 1100. The predicted molar refractivity (Wildman–Crippen MR) is 137 cm³/mol. The van der Waals surface area contributed by atoms with Crippen LogP contribution in [-0.2, 0) is 20.7 Å². The standard InChI is InChI=1S/C27H32ClNO7/c1-18(30)5-6-19-7-10-22(24(15-19)33-3)36-17-21-16-29(13-14-35-21)25(31)12-9-20-8-11-23(32-2)27(34-4)26(20)28/h7-12,15,21H,5-6,13-14,16-17H2,1-4H3/b12-9+. The Labute approximate surface area is 216 Å². The number of morpholine rings is 1. The molecule has 2 aromatic rings. The van der Waals surface area contributed by atoms with E-state index in [0.29, 0.717) is 66.1 Å². The Morgan fingerprint density at radius 2 is 1.83 bits per heavy atom. The molecule has 1 unspecified atom stereocenters. The highest BCUT2D eigenvalue weighted by Crippen LogP contribution is 2.37. The van der Waals surface area contributed by atoms with E-state index >= 15 is 0 Å². The van der Waals surface area contributed by atoms with Crippen LogP contribution >= 0.6 is 11.6 Å². The number of hydrogen-bond donors (Lipinski definition) is 0. The maximum atomic E-state index is 12.8. The Balaban J connectivity index is 1.59. The van der Waals surface area contributed by atoms with Crippen molar-refractivity contribution in [3.63, 3.8) is 0 Å². The van der Waals surface area contributed by atoms with Gasteiger partial charge in [0.1, 0.15) is 18.5 Å². The molecule has 194 valence electrons. The summed E-state index contributed by atoms with van der Waals surface area (Å²) >= 11 is 6.41. The number of ketones is 1. The zero-order chi connectivity index (χ0) is 26.1. The molecule has 0 aromatic heterocycles.